The van der Waals surface area contributed by atoms with Crippen molar-refractivity contribution in [2.75, 3.05) is 57.7 Å². The van der Waals surface area contributed by atoms with Gasteiger partial charge in [-0.3, -0.25) is 9.52 Å². The van der Waals surface area contributed by atoms with Gasteiger partial charge in [-0.2, -0.15) is 0 Å². The van der Waals surface area contributed by atoms with Crippen LogP contribution in [0.25, 0.3) is 0 Å². The van der Waals surface area contributed by atoms with Crippen LogP contribution in [0.1, 0.15) is 87.2 Å². The van der Waals surface area contributed by atoms with E-state index in [-0.39, 0.29) is 30.1 Å². The number of nitrogens with zero attached hydrogens (tertiary/aromatic N) is 2. The molecule has 1 saturated heterocycles. The summed E-state index contributed by atoms with van der Waals surface area (Å²) in [6.07, 6.45) is 5.46. The van der Waals surface area contributed by atoms with Gasteiger partial charge in [0.2, 0.25) is 0 Å². The van der Waals surface area contributed by atoms with Crippen molar-refractivity contribution in [1.29, 1.82) is 0 Å². The molecule has 266 valence electrons. The van der Waals surface area contributed by atoms with E-state index in [0.717, 1.165) is 68.1 Å². The predicted molar refractivity (Wildman–Crippen MR) is 195 cm³/mol. The highest BCUT2D eigenvalue weighted by molar-refractivity contribution is 7.83. The number of carbonyl (C=O) groups excluding carboxylic acids is 1. The van der Waals surface area contributed by atoms with Gasteiger partial charge >= 0.3 is 0 Å². The Balaban J connectivity index is 1.52. The van der Waals surface area contributed by atoms with Crippen molar-refractivity contribution in [3.63, 3.8) is 0 Å². The summed E-state index contributed by atoms with van der Waals surface area (Å²) in [6, 6.07) is 12.1. The first-order valence-electron chi connectivity index (χ1n) is 18.0. The molecule has 48 heavy (non-hydrogen) atoms. The Kier molecular flexibility index (Phi) is 13.3. The molecule has 0 radical (unpaired) electrons. The molecule has 1 fully saturated rings. The predicted octanol–water partition coefficient (Wildman–Crippen LogP) is 7.07. The second-order valence-corrected chi connectivity index (χ2v) is 16.2. The van der Waals surface area contributed by atoms with Crippen LogP contribution in [0.4, 0.5) is 5.69 Å². The molecule has 0 saturated carbocycles. The molecule has 8 nitrogen and oxygen atoms in total. The summed E-state index contributed by atoms with van der Waals surface area (Å²) in [5, 5.41) is 0.752. The lowest BCUT2D eigenvalue weighted by molar-refractivity contribution is -0.236. The van der Waals surface area contributed by atoms with Crippen LogP contribution in [0.5, 0.6) is 5.75 Å². The lowest BCUT2D eigenvalue weighted by Crippen LogP contribution is -2.48. The Bertz CT molecular complexity index is 1400. The third kappa shape index (κ3) is 9.13. The molecule has 1 amide bonds. The summed E-state index contributed by atoms with van der Waals surface area (Å²) < 4.78 is 35.3. The van der Waals surface area contributed by atoms with Gasteiger partial charge in [-0.25, -0.2) is 4.21 Å². The maximum absolute atomic E-state index is 13.3. The lowest BCUT2D eigenvalue weighted by atomic mass is 9.76. The van der Waals surface area contributed by atoms with Crippen molar-refractivity contribution < 1.29 is 23.2 Å². The highest BCUT2D eigenvalue weighted by atomic mass is 35.5. The van der Waals surface area contributed by atoms with Gasteiger partial charge < -0.3 is 24.0 Å². The fraction of sp³-hybridized carbons (Fsp3) is 0.658. The number of rotatable bonds is 6. The molecule has 2 aromatic rings. The highest BCUT2D eigenvalue weighted by Gasteiger charge is 2.38. The van der Waals surface area contributed by atoms with E-state index in [1.54, 1.807) is 6.07 Å². The normalized spacial score (nSPS) is 30.8. The third-order valence-corrected chi connectivity index (χ3v) is 12.0. The number of hydrogen-bond donors (Lipinski definition) is 1. The maximum atomic E-state index is 13.3. The Morgan fingerprint density at radius 2 is 1.77 bits per heavy atom. The average molecular weight is 702 g/mol. The van der Waals surface area contributed by atoms with Crippen molar-refractivity contribution in [3.8, 4) is 5.75 Å². The zero-order valence-electron chi connectivity index (χ0n) is 29.7. The Hall–Kier alpha value is -2.17. The van der Waals surface area contributed by atoms with E-state index < -0.39 is 11.0 Å². The molecule has 10 heteroatoms. The number of ether oxygens (including phenoxy) is 3. The van der Waals surface area contributed by atoms with Crippen molar-refractivity contribution in [1.82, 2.24) is 9.62 Å². The topological polar surface area (TPSA) is 80.3 Å². The molecular weight excluding hydrogens is 646 g/mol. The van der Waals surface area contributed by atoms with E-state index in [1.807, 2.05) is 18.2 Å². The van der Waals surface area contributed by atoms with Crippen LogP contribution >= 0.6 is 11.6 Å². The van der Waals surface area contributed by atoms with Crippen LogP contribution in [0.2, 0.25) is 5.02 Å². The number of nitrogens with one attached hydrogen (secondary N) is 1. The van der Waals surface area contributed by atoms with Gasteiger partial charge in [0.05, 0.1) is 31.5 Å². The van der Waals surface area contributed by atoms with Gasteiger partial charge in [-0.05, 0) is 92.6 Å². The first-order chi connectivity index (χ1) is 23.1. The minimum absolute atomic E-state index is 0.114. The molecule has 1 N–H and O–H groups in total. The minimum Gasteiger partial charge on any atom is -0.491 e. The summed E-state index contributed by atoms with van der Waals surface area (Å²) in [7, 11) is 2.69. The number of benzene rings is 2. The van der Waals surface area contributed by atoms with Crippen LogP contribution in [0.15, 0.2) is 36.4 Å². The van der Waals surface area contributed by atoms with E-state index in [0.29, 0.717) is 48.9 Å². The monoisotopic (exact) mass is 701 g/mol. The Labute approximate surface area is 295 Å². The fourth-order valence-electron chi connectivity index (χ4n) is 7.81. The number of likely N-dealkylation sites (N-methyl/N-ethyl adjacent to an activating group) is 1. The van der Waals surface area contributed by atoms with Crippen molar-refractivity contribution >= 4 is 34.2 Å². The molecule has 6 atom stereocenters. The molecule has 0 spiro atoms. The van der Waals surface area contributed by atoms with Gasteiger partial charge in [0.25, 0.3) is 5.91 Å². The zero-order chi connectivity index (χ0) is 34.4. The number of aryl methyl sites for hydroxylation is 1. The number of halogens is 1. The molecule has 5 rings (SSSR count). The molecular formula is C38H56ClN3O5S. The van der Waals surface area contributed by atoms with Crippen molar-refractivity contribution in [2.24, 2.45) is 23.7 Å². The second kappa shape index (κ2) is 17.2. The Morgan fingerprint density at radius 1 is 1.00 bits per heavy atom. The summed E-state index contributed by atoms with van der Waals surface area (Å²) >= 11 is 6.47. The van der Waals surface area contributed by atoms with E-state index in [1.165, 1.54) is 11.1 Å². The number of carbonyl (C=O) groups is 1. The first-order valence-corrected chi connectivity index (χ1v) is 19.7. The van der Waals surface area contributed by atoms with Crippen LogP contribution in [0.3, 0.4) is 0 Å². The SMILES string of the molecule is CCCc1cc(Cl)ccc1C1COc2ccc3cc2N(C1)CC(C)C(CC)C(C1OCC(N(C)C)CO1)CCC(C)CCS(=O)NC3=O. The van der Waals surface area contributed by atoms with Crippen LogP contribution in [-0.2, 0) is 26.9 Å². The smallest absolute Gasteiger partial charge is 0.263 e. The molecule has 2 bridgehead atoms. The third-order valence-electron chi connectivity index (χ3n) is 10.7. The second-order valence-electron chi connectivity index (χ2n) is 14.5. The van der Waals surface area contributed by atoms with Gasteiger partial charge in [-0.15, -0.1) is 0 Å². The van der Waals surface area contributed by atoms with E-state index in [4.69, 9.17) is 25.8 Å². The summed E-state index contributed by atoms with van der Waals surface area (Å²) in [5.74, 6) is 2.23. The lowest BCUT2D eigenvalue weighted by Gasteiger charge is -2.42. The quantitative estimate of drug-likeness (QED) is 0.345. The van der Waals surface area contributed by atoms with Gasteiger partial charge in [0, 0.05) is 41.3 Å². The van der Waals surface area contributed by atoms with E-state index in [2.05, 4.69) is 68.4 Å². The van der Waals surface area contributed by atoms with Crippen LogP contribution < -0.4 is 14.4 Å². The number of anilines is 1. The Morgan fingerprint density at radius 3 is 2.48 bits per heavy atom. The molecule has 6 unspecified atom stereocenters. The summed E-state index contributed by atoms with van der Waals surface area (Å²) in [5.41, 5.74) is 3.92. The minimum atomic E-state index is -1.46. The average Bonchev–Trinajstić information content (AvgIpc) is 3.24. The largest absolute Gasteiger partial charge is 0.491 e. The zero-order valence-corrected chi connectivity index (χ0v) is 31.3. The molecule has 2 aromatic carbocycles. The standard InChI is InChI=1S/C38H56ClN3O5S/c1-7-9-27-18-30(39)12-14-33(27)29-21-42-20-26(4)32(8-2)34(38-46-23-31(24-47-38)41(5)6)13-10-25(3)16-17-48(44)40-37(43)28-11-15-36(45-22-29)35(42)19-28/h11-12,14-15,18-19,25-26,29,31-32,34,38H,7-10,13,16-17,20-24H2,1-6H3,(H,40,43). The number of hydrogen-bond acceptors (Lipinski definition) is 7. The molecule has 0 aliphatic carbocycles. The molecule has 3 heterocycles. The summed E-state index contributed by atoms with van der Waals surface area (Å²) in [4.78, 5) is 17.9. The van der Waals surface area contributed by atoms with Gasteiger partial charge in [0.1, 0.15) is 16.7 Å². The molecule has 3 aliphatic rings. The van der Waals surface area contributed by atoms with Crippen molar-refractivity contribution in [2.45, 2.75) is 84.5 Å². The molecule has 3 aliphatic heterocycles. The maximum Gasteiger partial charge on any atom is 0.263 e. The summed E-state index contributed by atoms with van der Waals surface area (Å²) in [6.45, 7) is 12.5. The molecule has 0 aromatic heterocycles. The van der Waals surface area contributed by atoms with Gasteiger partial charge in [0.15, 0.2) is 6.29 Å². The van der Waals surface area contributed by atoms with Crippen molar-refractivity contribution in [3.05, 3.63) is 58.1 Å². The van der Waals surface area contributed by atoms with Crippen LogP contribution in [0, 0.1) is 23.7 Å². The van der Waals surface area contributed by atoms with E-state index in [9.17, 15) is 9.00 Å². The number of amides is 1. The fourth-order valence-corrected chi connectivity index (χ4v) is 9.05. The van der Waals surface area contributed by atoms with E-state index >= 15 is 0 Å². The number of fused-ring (bicyclic) bond motifs is 1. The first kappa shape index (κ1) is 37.1. The van der Waals surface area contributed by atoms with Crippen LogP contribution in [-0.4, -0.2) is 80.1 Å². The highest BCUT2D eigenvalue weighted by Crippen LogP contribution is 2.41. The van der Waals surface area contributed by atoms with Gasteiger partial charge in [-0.1, -0.05) is 64.6 Å².